The van der Waals surface area contributed by atoms with E-state index in [1.165, 1.54) is 6.08 Å². The second kappa shape index (κ2) is 7.89. The number of ether oxygens (including phenoxy) is 3. The molecule has 0 aliphatic rings. The van der Waals surface area contributed by atoms with Crippen LogP contribution in [-0.2, 0) is 0 Å². The first-order valence-electron chi connectivity index (χ1n) is 7.02. The molecule has 5 heteroatoms. The highest BCUT2D eigenvalue weighted by molar-refractivity contribution is 6.04. The molecule has 0 spiro atoms. The lowest BCUT2D eigenvalue weighted by molar-refractivity contribution is 0.104. The summed E-state index contributed by atoms with van der Waals surface area (Å²) >= 11 is 0. The van der Waals surface area contributed by atoms with E-state index in [4.69, 9.17) is 14.2 Å². The van der Waals surface area contributed by atoms with Crippen LogP contribution in [0.2, 0.25) is 0 Å². The quantitative estimate of drug-likeness (QED) is 0.626. The van der Waals surface area contributed by atoms with Gasteiger partial charge >= 0.3 is 0 Å². The van der Waals surface area contributed by atoms with Crippen LogP contribution in [0.5, 0.6) is 17.2 Å². The van der Waals surface area contributed by atoms with Crippen molar-refractivity contribution in [2.24, 2.45) is 0 Å². The van der Waals surface area contributed by atoms with Gasteiger partial charge in [0.15, 0.2) is 17.3 Å². The zero-order chi connectivity index (χ0) is 16.7. The first kappa shape index (κ1) is 16.4. The number of carbonyl (C=O) groups excluding carboxylic acids is 1. The molecule has 0 bridgehead atoms. The van der Waals surface area contributed by atoms with Gasteiger partial charge in [-0.3, -0.25) is 4.79 Å². The van der Waals surface area contributed by atoms with Crippen LogP contribution < -0.4 is 19.5 Å². The molecule has 0 fully saturated rings. The van der Waals surface area contributed by atoms with Crippen LogP contribution in [0.25, 0.3) is 0 Å². The minimum absolute atomic E-state index is 0.0782. The molecule has 0 heterocycles. The maximum atomic E-state index is 12.0. The van der Waals surface area contributed by atoms with Gasteiger partial charge in [0.05, 0.1) is 21.3 Å². The van der Waals surface area contributed by atoms with E-state index >= 15 is 0 Å². The average molecular weight is 313 g/mol. The molecule has 2 aromatic rings. The van der Waals surface area contributed by atoms with Gasteiger partial charge in [-0.05, 0) is 0 Å². The summed E-state index contributed by atoms with van der Waals surface area (Å²) in [7, 11) is 4.65. The van der Waals surface area contributed by atoms with Crippen LogP contribution >= 0.6 is 0 Å². The van der Waals surface area contributed by atoms with Crippen LogP contribution in [-0.4, -0.2) is 27.1 Å². The van der Waals surface area contributed by atoms with Crippen molar-refractivity contribution >= 4 is 11.5 Å². The lowest BCUT2D eigenvalue weighted by atomic mass is 10.1. The van der Waals surface area contributed by atoms with Crippen molar-refractivity contribution < 1.29 is 19.0 Å². The second-order valence-electron chi connectivity index (χ2n) is 4.62. The molecule has 0 aromatic heterocycles. The third kappa shape index (κ3) is 4.03. The van der Waals surface area contributed by atoms with Crippen molar-refractivity contribution in [3.05, 3.63) is 60.3 Å². The molecule has 0 aliphatic carbocycles. The second-order valence-corrected chi connectivity index (χ2v) is 4.62. The number of allylic oxidation sites excluding steroid dienone is 1. The Hall–Kier alpha value is -2.95. The zero-order valence-corrected chi connectivity index (χ0v) is 13.3. The summed E-state index contributed by atoms with van der Waals surface area (Å²) in [5.41, 5.74) is 1.35. The van der Waals surface area contributed by atoms with E-state index in [0.717, 1.165) is 5.69 Å². The molecular formula is C18H19NO4. The summed E-state index contributed by atoms with van der Waals surface area (Å²) in [5, 5.41) is 3.03. The number of carbonyl (C=O) groups is 1. The largest absolute Gasteiger partial charge is 0.493 e. The van der Waals surface area contributed by atoms with Crippen molar-refractivity contribution in [1.29, 1.82) is 0 Å². The topological polar surface area (TPSA) is 56.8 Å². The summed E-state index contributed by atoms with van der Waals surface area (Å²) in [4.78, 5) is 12.0. The van der Waals surface area contributed by atoms with Crippen molar-refractivity contribution in [2.75, 3.05) is 26.6 Å². The van der Waals surface area contributed by atoms with Crippen LogP contribution in [0, 0.1) is 0 Å². The Kier molecular flexibility index (Phi) is 5.63. The summed E-state index contributed by atoms with van der Waals surface area (Å²) in [5.74, 6) is 1.52. The molecule has 0 atom stereocenters. The molecule has 5 nitrogen and oxygen atoms in total. The first-order valence-corrected chi connectivity index (χ1v) is 7.02. The molecule has 0 radical (unpaired) electrons. The van der Waals surface area contributed by atoms with E-state index in [0.29, 0.717) is 22.8 Å². The minimum atomic E-state index is -0.0782. The monoisotopic (exact) mass is 313 g/mol. The van der Waals surface area contributed by atoms with Gasteiger partial charge in [0.2, 0.25) is 5.75 Å². The molecule has 0 amide bonds. The first-order chi connectivity index (χ1) is 11.2. The predicted molar refractivity (Wildman–Crippen MR) is 89.6 cm³/mol. The van der Waals surface area contributed by atoms with E-state index in [1.54, 1.807) is 51.8 Å². The molecule has 2 rings (SSSR count). The molecule has 0 unspecified atom stereocenters. The number of hydrogen-bond acceptors (Lipinski definition) is 5. The minimum Gasteiger partial charge on any atom is -0.493 e. The Morgan fingerprint density at radius 1 is 0.957 bits per heavy atom. The lowest BCUT2D eigenvalue weighted by Crippen LogP contribution is -1.98. The van der Waals surface area contributed by atoms with Crippen LogP contribution in [0.3, 0.4) is 0 Å². The van der Waals surface area contributed by atoms with Gasteiger partial charge in [-0.15, -0.1) is 0 Å². The Labute approximate surface area is 135 Å². The van der Waals surface area contributed by atoms with Crippen molar-refractivity contribution in [3.8, 4) is 17.2 Å². The van der Waals surface area contributed by atoms with Crippen molar-refractivity contribution in [1.82, 2.24) is 0 Å². The Morgan fingerprint density at radius 2 is 1.57 bits per heavy atom. The highest BCUT2D eigenvalue weighted by Crippen LogP contribution is 2.39. The molecule has 0 saturated heterocycles. The number of benzene rings is 2. The van der Waals surface area contributed by atoms with E-state index in [9.17, 15) is 4.79 Å². The normalized spacial score (nSPS) is 10.4. The van der Waals surface area contributed by atoms with Gasteiger partial charge in [-0.1, -0.05) is 30.3 Å². The van der Waals surface area contributed by atoms with Crippen LogP contribution in [0.15, 0.2) is 54.7 Å². The molecule has 23 heavy (non-hydrogen) atoms. The lowest BCUT2D eigenvalue weighted by Gasteiger charge is -2.13. The Morgan fingerprint density at radius 3 is 2.09 bits per heavy atom. The standard InChI is InChI=1S/C18H19NO4/c1-21-16-11-14(12-17(22-2)18(16)23-3)19-10-9-15(20)13-7-5-4-6-8-13/h4-12,19H,1-3H3/b10-9+. The molecule has 2 aromatic carbocycles. The highest BCUT2D eigenvalue weighted by atomic mass is 16.5. The number of methoxy groups -OCH3 is 3. The number of hydrogen-bond donors (Lipinski definition) is 1. The van der Waals surface area contributed by atoms with Crippen LogP contribution in [0.4, 0.5) is 5.69 Å². The smallest absolute Gasteiger partial charge is 0.203 e. The van der Waals surface area contributed by atoms with Gasteiger partial charge in [-0.25, -0.2) is 0 Å². The maximum Gasteiger partial charge on any atom is 0.203 e. The zero-order valence-electron chi connectivity index (χ0n) is 13.3. The highest BCUT2D eigenvalue weighted by Gasteiger charge is 2.12. The predicted octanol–water partition coefficient (Wildman–Crippen LogP) is 3.52. The van der Waals surface area contributed by atoms with E-state index in [1.807, 2.05) is 18.2 Å². The van der Waals surface area contributed by atoms with Gasteiger partial charge in [0.25, 0.3) is 0 Å². The Balaban J connectivity index is 2.14. The fourth-order valence-electron chi connectivity index (χ4n) is 2.08. The van der Waals surface area contributed by atoms with Gasteiger partial charge in [-0.2, -0.15) is 0 Å². The van der Waals surface area contributed by atoms with E-state index in [-0.39, 0.29) is 5.78 Å². The fourth-order valence-corrected chi connectivity index (χ4v) is 2.08. The van der Waals surface area contributed by atoms with Crippen molar-refractivity contribution in [3.63, 3.8) is 0 Å². The molecular weight excluding hydrogens is 294 g/mol. The molecule has 0 saturated carbocycles. The third-order valence-corrected chi connectivity index (χ3v) is 3.21. The third-order valence-electron chi connectivity index (χ3n) is 3.21. The summed E-state index contributed by atoms with van der Waals surface area (Å²) in [6, 6.07) is 12.6. The van der Waals surface area contributed by atoms with Gasteiger partial charge in [0, 0.05) is 35.7 Å². The van der Waals surface area contributed by atoms with E-state index in [2.05, 4.69) is 5.32 Å². The van der Waals surface area contributed by atoms with Crippen LogP contribution in [0.1, 0.15) is 10.4 Å². The number of anilines is 1. The summed E-state index contributed by atoms with van der Waals surface area (Å²) in [6.07, 6.45) is 3.05. The van der Waals surface area contributed by atoms with Gasteiger partial charge in [0.1, 0.15) is 0 Å². The van der Waals surface area contributed by atoms with E-state index < -0.39 is 0 Å². The molecule has 0 aliphatic heterocycles. The Bertz CT molecular complexity index is 670. The summed E-state index contributed by atoms with van der Waals surface area (Å²) in [6.45, 7) is 0. The molecule has 120 valence electrons. The molecule has 1 N–H and O–H groups in total. The van der Waals surface area contributed by atoms with Gasteiger partial charge < -0.3 is 19.5 Å². The number of ketones is 1. The fraction of sp³-hybridized carbons (Fsp3) is 0.167. The maximum absolute atomic E-state index is 12.0. The number of rotatable bonds is 7. The number of nitrogens with one attached hydrogen (secondary N) is 1. The SMILES string of the molecule is COc1cc(N/C=C/C(=O)c2ccccc2)cc(OC)c1OC. The average Bonchev–Trinajstić information content (AvgIpc) is 2.61. The van der Waals surface area contributed by atoms with Crippen molar-refractivity contribution in [2.45, 2.75) is 0 Å². The summed E-state index contributed by atoms with van der Waals surface area (Å²) < 4.78 is 15.8.